The third kappa shape index (κ3) is 2.13. The molecular formula is C11H18O2. The molecule has 1 rings (SSSR count). The lowest BCUT2D eigenvalue weighted by molar-refractivity contribution is 0.0806. The van der Waals surface area contributed by atoms with Gasteiger partial charge in [-0.15, -0.1) is 0 Å². The molecule has 0 saturated carbocycles. The normalized spacial score (nSPS) is 13.6. The summed E-state index contributed by atoms with van der Waals surface area (Å²) in [5.74, 6) is 1.04. The third-order valence-electron chi connectivity index (χ3n) is 2.67. The molecule has 0 aliphatic heterocycles. The summed E-state index contributed by atoms with van der Waals surface area (Å²) in [6, 6.07) is 1.89. The minimum absolute atomic E-state index is 0.310. The molecule has 74 valence electrons. The van der Waals surface area contributed by atoms with Crippen LogP contribution >= 0.6 is 0 Å². The number of aryl methyl sites for hydroxylation is 1. The van der Waals surface area contributed by atoms with E-state index >= 15 is 0 Å². The largest absolute Gasteiger partial charge is 0.466 e. The number of aliphatic hydroxyl groups is 1. The molecule has 1 N–H and O–H groups in total. The molecule has 1 heterocycles. The highest BCUT2D eigenvalue weighted by molar-refractivity contribution is 5.17. The van der Waals surface area contributed by atoms with E-state index in [4.69, 9.17) is 4.42 Å². The van der Waals surface area contributed by atoms with Crippen LogP contribution < -0.4 is 0 Å². The Bertz CT molecular complexity index is 248. The maximum Gasteiger partial charge on any atom is 0.135 e. The van der Waals surface area contributed by atoms with Crippen molar-refractivity contribution in [2.45, 2.75) is 39.7 Å². The third-order valence-corrected chi connectivity index (χ3v) is 2.67. The Hall–Kier alpha value is -0.760. The first-order chi connectivity index (χ1) is 6.20. The van der Waals surface area contributed by atoms with Crippen molar-refractivity contribution in [1.82, 2.24) is 0 Å². The molecule has 13 heavy (non-hydrogen) atoms. The fourth-order valence-electron chi connectivity index (χ4n) is 1.64. The lowest BCUT2D eigenvalue weighted by Gasteiger charge is -2.18. The second-order valence-corrected chi connectivity index (χ2v) is 3.49. The minimum atomic E-state index is -0.440. The first kappa shape index (κ1) is 10.3. The van der Waals surface area contributed by atoms with E-state index in [9.17, 15) is 5.11 Å². The summed E-state index contributed by atoms with van der Waals surface area (Å²) < 4.78 is 5.26. The van der Waals surface area contributed by atoms with E-state index < -0.39 is 6.10 Å². The fraction of sp³-hybridized carbons (Fsp3) is 0.636. The van der Waals surface area contributed by atoms with Crippen molar-refractivity contribution in [3.63, 3.8) is 0 Å². The molecule has 0 radical (unpaired) electrons. The molecular weight excluding hydrogens is 164 g/mol. The second kappa shape index (κ2) is 4.47. The maximum absolute atomic E-state index is 9.96. The summed E-state index contributed by atoms with van der Waals surface area (Å²) in [5, 5.41) is 9.96. The van der Waals surface area contributed by atoms with Crippen LogP contribution in [0.3, 0.4) is 0 Å². The number of aliphatic hydroxyl groups excluding tert-OH is 1. The Morgan fingerprint density at radius 1 is 1.38 bits per heavy atom. The van der Waals surface area contributed by atoms with Crippen molar-refractivity contribution < 1.29 is 9.52 Å². The molecule has 0 fully saturated rings. The first-order valence-corrected chi connectivity index (χ1v) is 4.92. The van der Waals surface area contributed by atoms with Gasteiger partial charge in [-0.3, -0.25) is 0 Å². The van der Waals surface area contributed by atoms with Crippen LogP contribution in [0.1, 0.15) is 44.1 Å². The minimum Gasteiger partial charge on any atom is -0.466 e. The number of furan rings is 1. The van der Waals surface area contributed by atoms with Crippen molar-refractivity contribution in [1.29, 1.82) is 0 Å². The van der Waals surface area contributed by atoms with Gasteiger partial charge in [-0.2, -0.15) is 0 Å². The molecule has 0 bridgehead atoms. The van der Waals surface area contributed by atoms with E-state index in [2.05, 4.69) is 13.8 Å². The molecule has 0 saturated heterocycles. The molecule has 1 atom stereocenters. The van der Waals surface area contributed by atoms with Crippen molar-refractivity contribution in [3.05, 3.63) is 23.7 Å². The highest BCUT2D eigenvalue weighted by atomic mass is 16.4. The van der Waals surface area contributed by atoms with Crippen molar-refractivity contribution in [2.75, 3.05) is 0 Å². The predicted octanol–water partition coefficient (Wildman–Crippen LogP) is 3.06. The summed E-state index contributed by atoms with van der Waals surface area (Å²) in [4.78, 5) is 0. The van der Waals surface area contributed by atoms with Gasteiger partial charge in [0.25, 0.3) is 0 Å². The van der Waals surface area contributed by atoms with Gasteiger partial charge in [0.1, 0.15) is 11.9 Å². The highest BCUT2D eigenvalue weighted by Gasteiger charge is 2.21. The molecule has 1 aromatic rings. The molecule has 2 nitrogen and oxygen atoms in total. The summed E-state index contributed by atoms with van der Waals surface area (Å²) in [5.41, 5.74) is 1.04. The molecule has 0 amide bonds. The number of hydrogen-bond donors (Lipinski definition) is 1. The lowest BCUT2D eigenvalue weighted by Crippen LogP contribution is -2.10. The van der Waals surface area contributed by atoms with Crippen molar-refractivity contribution in [2.24, 2.45) is 5.92 Å². The average Bonchev–Trinajstić information content (AvgIpc) is 2.53. The van der Waals surface area contributed by atoms with Gasteiger partial charge >= 0.3 is 0 Å². The maximum atomic E-state index is 9.96. The van der Waals surface area contributed by atoms with Gasteiger partial charge in [-0.05, 0) is 24.5 Å². The van der Waals surface area contributed by atoms with Crippen LogP contribution in [0.2, 0.25) is 0 Å². The summed E-state index contributed by atoms with van der Waals surface area (Å²) >= 11 is 0. The first-order valence-electron chi connectivity index (χ1n) is 4.92. The second-order valence-electron chi connectivity index (χ2n) is 3.49. The van der Waals surface area contributed by atoms with Crippen LogP contribution in [0.5, 0.6) is 0 Å². The van der Waals surface area contributed by atoms with E-state index in [-0.39, 0.29) is 0 Å². The Morgan fingerprint density at radius 2 is 2.00 bits per heavy atom. The molecule has 1 aromatic heterocycles. The van der Waals surface area contributed by atoms with E-state index in [0.717, 1.165) is 24.2 Å². The summed E-state index contributed by atoms with van der Waals surface area (Å²) in [6.45, 7) is 6.15. The van der Waals surface area contributed by atoms with Gasteiger partial charge in [0, 0.05) is 0 Å². The highest BCUT2D eigenvalue weighted by Crippen LogP contribution is 2.29. The van der Waals surface area contributed by atoms with Crippen molar-refractivity contribution in [3.8, 4) is 0 Å². The Balaban J connectivity index is 2.77. The predicted molar refractivity (Wildman–Crippen MR) is 52.5 cm³/mol. The van der Waals surface area contributed by atoms with Crippen LogP contribution in [0.25, 0.3) is 0 Å². The van der Waals surface area contributed by atoms with Gasteiger partial charge < -0.3 is 9.52 Å². The smallest absolute Gasteiger partial charge is 0.135 e. The van der Waals surface area contributed by atoms with Crippen LogP contribution in [0.15, 0.2) is 16.7 Å². The molecule has 1 unspecified atom stereocenters. The number of hydrogen-bond acceptors (Lipinski definition) is 2. The van der Waals surface area contributed by atoms with Gasteiger partial charge in [-0.25, -0.2) is 0 Å². The van der Waals surface area contributed by atoms with Gasteiger partial charge in [0.05, 0.1) is 6.26 Å². The molecule has 0 spiro atoms. The monoisotopic (exact) mass is 182 g/mol. The Kier molecular flexibility index (Phi) is 3.55. The van der Waals surface area contributed by atoms with E-state index in [1.54, 1.807) is 6.26 Å². The van der Waals surface area contributed by atoms with Crippen LogP contribution in [0, 0.1) is 12.8 Å². The standard InChI is InChI=1S/C11H18O2/c1-4-9(5-2)10(12)11-8(3)6-7-13-11/h6-7,9-10,12H,4-5H2,1-3H3. The molecule has 0 aliphatic carbocycles. The van der Waals surface area contributed by atoms with Gasteiger partial charge in [-0.1, -0.05) is 26.7 Å². The topological polar surface area (TPSA) is 33.4 Å². The Labute approximate surface area is 79.6 Å². The van der Waals surface area contributed by atoms with Crippen LogP contribution in [0.4, 0.5) is 0 Å². The zero-order chi connectivity index (χ0) is 9.84. The summed E-state index contributed by atoms with van der Waals surface area (Å²) in [7, 11) is 0. The fourth-order valence-corrected chi connectivity index (χ4v) is 1.64. The molecule has 0 aliphatic rings. The lowest BCUT2D eigenvalue weighted by atomic mass is 9.94. The SMILES string of the molecule is CCC(CC)C(O)c1occc1C. The van der Waals surface area contributed by atoms with E-state index in [0.29, 0.717) is 5.92 Å². The quantitative estimate of drug-likeness (QED) is 0.776. The summed E-state index contributed by atoms with van der Waals surface area (Å²) in [6.07, 6.45) is 3.16. The number of rotatable bonds is 4. The molecule has 2 heteroatoms. The average molecular weight is 182 g/mol. The van der Waals surface area contributed by atoms with E-state index in [1.807, 2.05) is 13.0 Å². The Morgan fingerprint density at radius 3 is 2.38 bits per heavy atom. The van der Waals surface area contributed by atoms with Crippen molar-refractivity contribution >= 4 is 0 Å². The molecule has 0 aromatic carbocycles. The van der Waals surface area contributed by atoms with E-state index in [1.165, 1.54) is 0 Å². The van der Waals surface area contributed by atoms with Crippen LogP contribution in [-0.2, 0) is 0 Å². The van der Waals surface area contributed by atoms with Gasteiger partial charge in [0.15, 0.2) is 0 Å². The van der Waals surface area contributed by atoms with Gasteiger partial charge in [0.2, 0.25) is 0 Å². The van der Waals surface area contributed by atoms with Crippen LogP contribution in [-0.4, -0.2) is 5.11 Å². The zero-order valence-corrected chi connectivity index (χ0v) is 8.58. The zero-order valence-electron chi connectivity index (χ0n) is 8.58.